The van der Waals surface area contributed by atoms with E-state index in [0.29, 0.717) is 0 Å². The van der Waals surface area contributed by atoms with E-state index in [2.05, 4.69) is 32.7 Å². The molecule has 0 aromatic carbocycles. The van der Waals surface area contributed by atoms with E-state index >= 15 is 0 Å². The van der Waals surface area contributed by atoms with Crippen molar-refractivity contribution in [3.63, 3.8) is 0 Å². The van der Waals surface area contributed by atoms with Gasteiger partial charge < -0.3 is 5.32 Å². The van der Waals surface area contributed by atoms with Gasteiger partial charge in [-0.3, -0.25) is 0 Å². The van der Waals surface area contributed by atoms with Crippen molar-refractivity contribution < 1.29 is 0 Å². The summed E-state index contributed by atoms with van der Waals surface area (Å²) >= 11 is 0. The van der Waals surface area contributed by atoms with Gasteiger partial charge in [-0.05, 0) is 25.2 Å². The van der Waals surface area contributed by atoms with Crippen LogP contribution in [0.4, 0.5) is 0 Å². The van der Waals surface area contributed by atoms with Crippen LogP contribution >= 0.6 is 0 Å². The molecule has 0 aliphatic rings. The zero-order valence-electron chi connectivity index (χ0n) is 12.4. The van der Waals surface area contributed by atoms with Crippen LogP contribution in [0.1, 0.15) is 78.6 Å². The van der Waals surface area contributed by atoms with Crippen LogP contribution < -0.4 is 5.32 Å². The second-order valence-corrected chi connectivity index (χ2v) is 5.58. The average Bonchev–Trinajstić information content (AvgIpc) is 2.29. The molecule has 0 radical (unpaired) electrons. The summed E-state index contributed by atoms with van der Waals surface area (Å²) in [6.07, 6.45) is 12.0. The Bertz CT molecular complexity index is 172. The van der Waals surface area contributed by atoms with Gasteiger partial charge in [-0.2, -0.15) is 0 Å². The zero-order valence-corrected chi connectivity index (χ0v) is 12.4. The summed E-state index contributed by atoms with van der Waals surface area (Å²) in [5.74, 6) is 0.874. The normalized spacial score (nSPS) is 10.8. The molecule has 0 fully saturated rings. The molecule has 0 aromatic heterocycles. The summed E-state index contributed by atoms with van der Waals surface area (Å²) in [6.45, 7) is 12.0. The minimum Gasteiger partial charge on any atom is -0.389 e. The van der Waals surface area contributed by atoms with Crippen LogP contribution in [0.25, 0.3) is 0 Å². The highest BCUT2D eigenvalue weighted by Crippen LogP contribution is 2.10. The van der Waals surface area contributed by atoms with Gasteiger partial charge in [-0.15, -0.1) is 0 Å². The van der Waals surface area contributed by atoms with E-state index < -0.39 is 0 Å². The van der Waals surface area contributed by atoms with E-state index in [-0.39, 0.29) is 0 Å². The molecular formula is C16H33N. The van der Waals surface area contributed by atoms with Gasteiger partial charge in [0.15, 0.2) is 0 Å². The summed E-state index contributed by atoms with van der Waals surface area (Å²) in [5, 5.41) is 3.43. The molecule has 0 amide bonds. The van der Waals surface area contributed by atoms with E-state index in [9.17, 15) is 0 Å². The molecule has 0 aliphatic heterocycles. The van der Waals surface area contributed by atoms with Gasteiger partial charge >= 0.3 is 0 Å². The fraction of sp³-hybridized carbons (Fsp3) is 0.875. The number of hydrogen-bond donors (Lipinski definition) is 1. The van der Waals surface area contributed by atoms with E-state index in [4.69, 9.17) is 0 Å². The van der Waals surface area contributed by atoms with E-state index in [1.807, 2.05) is 0 Å². The first-order valence-corrected chi connectivity index (χ1v) is 7.58. The van der Waals surface area contributed by atoms with E-state index in [1.165, 1.54) is 57.1 Å². The number of allylic oxidation sites excluding steroid dienone is 1. The highest BCUT2D eigenvalue weighted by Gasteiger charge is 1.95. The lowest BCUT2D eigenvalue weighted by Gasteiger charge is -2.09. The monoisotopic (exact) mass is 239 g/mol. The third kappa shape index (κ3) is 13.5. The molecule has 0 heterocycles. The zero-order chi connectivity index (χ0) is 12.9. The van der Waals surface area contributed by atoms with Crippen molar-refractivity contribution in [3.05, 3.63) is 12.3 Å². The molecule has 0 saturated carbocycles. The second-order valence-electron chi connectivity index (χ2n) is 5.58. The van der Waals surface area contributed by atoms with Gasteiger partial charge in [0, 0.05) is 12.2 Å². The Morgan fingerprint density at radius 3 is 2.29 bits per heavy atom. The van der Waals surface area contributed by atoms with E-state index in [1.54, 1.807) is 0 Å². The highest BCUT2D eigenvalue weighted by atomic mass is 14.9. The third-order valence-corrected chi connectivity index (χ3v) is 3.17. The Kier molecular flexibility index (Phi) is 11.7. The molecule has 102 valence electrons. The number of rotatable bonds is 12. The Morgan fingerprint density at radius 1 is 1.00 bits per heavy atom. The summed E-state index contributed by atoms with van der Waals surface area (Å²) < 4.78 is 0. The lowest BCUT2D eigenvalue weighted by Crippen LogP contribution is -2.13. The maximum atomic E-state index is 4.05. The summed E-state index contributed by atoms with van der Waals surface area (Å²) in [6, 6.07) is 0. The summed E-state index contributed by atoms with van der Waals surface area (Å²) in [4.78, 5) is 0. The van der Waals surface area contributed by atoms with Crippen molar-refractivity contribution in [3.8, 4) is 0 Å². The number of nitrogens with one attached hydrogen (secondary N) is 1. The lowest BCUT2D eigenvalue weighted by molar-refractivity contribution is 0.512. The van der Waals surface area contributed by atoms with Gasteiger partial charge in [-0.1, -0.05) is 65.9 Å². The van der Waals surface area contributed by atoms with Gasteiger partial charge in [-0.25, -0.2) is 0 Å². The lowest BCUT2D eigenvalue weighted by atomic mass is 10.0. The molecule has 0 aromatic rings. The van der Waals surface area contributed by atoms with Crippen LogP contribution in [-0.4, -0.2) is 6.54 Å². The standard InChI is InChI=1S/C16H33N/c1-5-6-13-16(4)17-14-11-9-7-8-10-12-15(2)3/h15,17H,4-14H2,1-3H3. The smallest absolute Gasteiger partial charge is 0.0143 e. The predicted molar refractivity (Wildman–Crippen MR) is 79.2 cm³/mol. The van der Waals surface area contributed by atoms with Gasteiger partial charge in [0.1, 0.15) is 0 Å². The highest BCUT2D eigenvalue weighted by molar-refractivity contribution is 4.90. The molecule has 1 nitrogen and oxygen atoms in total. The fourth-order valence-corrected chi connectivity index (χ4v) is 1.95. The maximum Gasteiger partial charge on any atom is 0.0143 e. The molecule has 0 unspecified atom stereocenters. The largest absolute Gasteiger partial charge is 0.389 e. The van der Waals surface area contributed by atoms with Crippen LogP contribution in [0.5, 0.6) is 0 Å². The Hall–Kier alpha value is -0.460. The van der Waals surface area contributed by atoms with Crippen LogP contribution in [-0.2, 0) is 0 Å². The first kappa shape index (κ1) is 16.5. The van der Waals surface area contributed by atoms with Crippen LogP contribution in [0.3, 0.4) is 0 Å². The minimum atomic E-state index is 0.874. The number of hydrogen-bond acceptors (Lipinski definition) is 1. The maximum absolute atomic E-state index is 4.05. The summed E-state index contributed by atoms with van der Waals surface area (Å²) in [5.41, 5.74) is 1.23. The van der Waals surface area contributed by atoms with Crippen molar-refractivity contribution >= 4 is 0 Å². The first-order chi connectivity index (χ1) is 8.16. The third-order valence-electron chi connectivity index (χ3n) is 3.17. The first-order valence-electron chi connectivity index (χ1n) is 7.58. The topological polar surface area (TPSA) is 12.0 Å². The van der Waals surface area contributed by atoms with Gasteiger partial charge in [0.05, 0.1) is 0 Å². The SMILES string of the molecule is C=C(CCCC)NCCCCCCCC(C)C. The van der Waals surface area contributed by atoms with Gasteiger partial charge in [0.2, 0.25) is 0 Å². The molecule has 17 heavy (non-hydrogen) atoms. The minimum absolute atomic E-state index is 0.874. The molecule has 0 rings (SSSR count). The van der Waals surface area contributed by atoms with Crippen LogP contribution in [0.15, 0.2) is 12.3 Å². The van der Waals surface area contributed by atoms with Crippen LogP contribution in [0.2, 0.25) is 0 Å². The fourth-order valence-electron chi connectivity index (χ4n) is 1.95. The molecular weight excluding hydrogens is 206 g/mol. The molecule has 0 saturated heterocycles. The molecule has 0 spiro atoms. The molecule has 0 atom stereocenters. The van der Waals surface area contributed by atoms with Crippen molar-refractivity contribution in [2.75, 3.05) is 6.54 Å². The Balaban J connectivity index is 3.10. The average molecular weight is 239 g/mol. The van der Waals surface area contributed by atoms with Crippen LogP contribution in [0, 0.1) is 5.92 Å². The Labute approximate surface area is 109 Å². The van der Waals surface area contributed by atoms with Crippen molar-refractivity contribution in [1.82, 2.24) is 5.32 Å². The van der Waals surface area contributed by atoms with Gasteiger partial charge in [0.25, 0.3) is 0 Å². The summed E-state index contributed by atoms with van der Waals surface area (Å²) in [7, 11) is 0. The molecule has 1 heteroatoms. The molecule has 0 bridgehead atoms. The van der Waals surface area contributed by atoms with E-state index in [0.717, 1.165) is 18.9 Å². The molecule has 1 N–H and O–H groups in total. The Morgan fingerprint density at radius 2 is 1.65 bits per heavy atom. The second kappa shape index (κ2) is 12.0. The van der Waals surface area contributed by atoms with Crippen molar-refractivity contribution in [2.45, 2.75) is 78.6 Å². The predicted octanol–water partition coefficient (Wildman–Crippen LogP) is 5.28. The quantitative estimate of drug-likeness (QED) is 0.457. The van der Waals surface area contributed by atoms with Crippen molar-refractivity contribution in [1.29, 1.82) is 0 Å². The van der Waals surface area contributed by atoms with Crippen molar-refractivity contribution in [2.24, 2.45) is 5.92 Å². The number of unbranched alkanes of at least 4 members (excludes halogenated alkanes) is 5. The molecule has 0 aliphatic carbocycles.